The summed E-state index contributed by atoms with van der Waals surface area (Å²) in [5.41, 5.74) is 0. The Kier molecular flexibility index (Phi) is 58.2. The molecule has 0 aromatic heterocycles. The van der Waals surface area contributed by atoms with E-state index in [-0.39, 0.29) is 12.5 Å². The molecule has 66 heavy (non-hydrogen) atoms. The van der Waals surface area contributed by atoms with Gasteiger partial charge in [-0.3, -0.25) is 4.79 Å². The number of amides is 1. The minimum Gasteiger partial charge on any atom is -0.394 e. The topological polar surface area (TPSA) is 69.6 Å². The van der Waals surface area contributed by atoms with Crippen molar-refractivity contribution in [2.24, 2.45) is 0 Å². The number of aliphatic hydroxyl groups excluding tert-OH is 2. The van der Waals surface area contributed by atoms with Crippen molar-refractivity contribution in [3.63, 3.8) is 0 Å². The number of nitrogens with one attached hydrogen (secondary N) is 1. The van der Waals surface area contributed by atoms with Crippen LogP contribution in [0.4, 0.5) is 0 Å². The number of aliphatic hydroxyl groups is 2. The summed E-state index contributed by atoms with van der Waals surface area (Å²) in [7, 11) is 0. The molecule has 3 N–H and O–H groups in total. The Morgan fingerprint density at radius 2 is 0.485 bits per heavy atom. The SMILES string of the molecule is CCCCCCCCCCCCCCCCCCCCCCCCCCCCCCCCCC(O)C(CO)NC(=O)CCCCCCCCCCCCCCCCCCCCCCCCC. The van der Waals surface area contributed by atoms with E-state index in [0.717, 1.165) is 25.7 Å². The van der Waals surface area contributed by atoms with E-state index in [1.54, 1.807) is 0 Å². The maximum Gasteiger partial charge on any atom is 0.220 e. The van der Waals surface area contributed by atoms with Crippen molar-refractivity contribution in [2.75, 3.05) is 6.61 Å². The van der Waals surface area contributed by atoms with Crippen molar-refractivity contribution in [1.82, 2.24) is 5.32 Å². The van der Waals surface area contributed by atoms with E-state index in [2.05, 4.69) is 19.2 Å². The molecule has 0 aromatic carbocycles. The summed E-state index contributed by atoms with van der Waals surface area (Å²) < 4.78 is 0. The molecule has 1 amide bonds. The smallest absolute Gasteiger partial charge is 0.220 e. The number of rotatable bonds is 59. The lowest BCUT2D eigenvalue weighted by Crippen LogP contribution is -2.45. The molecule has 2 atom stereocenters. The van der Waals surface area contributed by atoms with E-state index in [9.17, 15) is 15.0 Å². The van der Waals surface area contributed by atoms with E-state index in [1.165, 1.54) is 321 Å². The molecular weight excluding hydrogens is 807 g/mol. The van der Waals surface area contributed by atoms with Crippen LogP contribution in [-0.2, 0) is 4.79 Å². The number of hydrogen-bond donors (Lipinski definition) is 3. The van der Waals surface area contributed by atoms with Crippen molar-refractivity contribution in [3.8, 4) is 0 Å². The summed E-state index contributed by atoms with van der Waals surface area (Å²) >= 11 is 0. The van der Waals surface area contributed by atoms with Crippen molar-refractivity contribution < 1.29 is 15.0 Å². The quantitative estimate of drug-likeness (QED) is 0.0532. The molecule has 4 heteroatoms. The number of hydrogen-bond acceptors (Lipinski definition) is 3. The predicted molar refractivity (Wildman–Crippen MR) is 295 cm³/mol. The van der Waals surface area contributed by atoms with Crippen LogP contribution in [0.15, 0.2) is 0 Å². The molecule has 0 radical (unpaired) electrons. The fourth-order valence-corrected chi connectivity index (χ4v) is 10.4. The zero-order chi connectivity index (χ0) is 47.7. The van der Waals surface area contributed by atoms with E-state index in [4.69, 9.17) is 0 Å². The molecule has 4 nitrogen and oxygen atoms in total. The monoisotopic (exact) mass is 932 g/mol. The molecular formula is C62H125NO3. The normalized spacial score (nSPS) is 12.6. The second kappa shape index (κ2) is 58.7. The van der Waals surface area contributed by atoms with Gasteiger partial charge in [-0.2, -0.15) is 0 Å². The van der Waals surface area contributed by atoms with E-state index in [1.807, 2.05) is 0 Å². The highest BCUT2D eigenvalue weighted by Crippen LogP contribution is 2.19. The summed E-state index contributed by atoms with van der Waals surface area (Å²) in [4.78, 5) is 12.5. The van der Waals surface area contributed by atoms with Crippen molar-refractivity contribution >= 4 is 5.91 Å². The standard InChI is InChI=1S/C62H125NO3/c1-3-5-7-9-11-13-15-17-19-21-23-25-27-28-29-30-31-32-33-34-36-37-39-41-43-45-47-49-51-53-55-57-61(65)60(59-64)63-62(66)58-56-54-52-50-48-46-44-42-40-38-35-26-24-22-20-18-16-14-12-10-8-6-4-2/h60-61,64-65H,3-59H2,1-2H3,(H,63,66). The summed E-state index contributed by atoms with van der Waals surface area (Å²) in [5, 5.41) is 23.4. The third kappa shape index (κ3) is 54.3. The molecule has 2 unspecified atom stereocenters. The fourth-order valence-electron chi connectivity index (χ4n) is 10.4. The van der Waals surface area contributed by atoms with Gasteiger partial charge in [-0.1, -0.05) is 354 Å². The molecule has 0 heterocycles. The Balaban J connectivity index is 3.37. The molecule has 0 aliphatic carbocycles. The highest BCUT2D eigenvalue weighted by molar-refractivity contribution is 5.76. The Bertz CT molecular complexity index is 879. The second-order valence-corrected chi connectivity index (χ2v) is 21.8. The van der Waals surface area contributed by atoms with E-state index >= 15 is 0 Å². The Morgan fingerprint density at radius 1 is 0.303 bits per heavy atom. The van der Waals surface area contributed by atoms with Crippen LogP contribution in [0.3, 0.4) is 0 Å². The van der Waals surface area contributed by atoms with Crippen LogP contribution < -0.4 is 5.32 Å². The van der Waals surface area contributed by atoms with Gasteiger partial charge < -0.3 is 15.5 Å². The maximum atomic E-state index is 12.5. The molecule has 0 bridgehead atoms. The molecule has 396 valence electrons. The van der Waals surface area contributed by atoms with Gasteiger partial charge in [0.25, 0.3) is 0 Å². The minimum atomic E-state index is -0.656. The third-order valence-electron chi connectivity index (χ3n) is 15.1. The second-order valence-electron chi connectivity index (χ2n) is 21.8. The first-order valence-electron chi connectivity index (χ1n) is 31.2. The summed E-state index contributed by atoms with van der Waals surface area (Å²) in [5.74, 6) is -0.0208. The van der Waals surface area contributed by atoms with Gasteiger partial charge in [-0.25, -0.2) is 0 Å². The number of carbonyl (C=O) groups excluding carboxylic acids is 1. The predicted octanol–water partition coefficient (Wildman–Crippen LogP) is 20.7. The zero-order valence-electron chi connectivity index (χ0n) is 45.8. The van der Waals surface area contributed by atoms with Crippen LogP contribution in [0.5, 0.6) is 0 Å². The lowest BCUT2D eigenvalue weighted by molar-refractivity contribution is -0.123. The van der Waals surface area contributed by atoms with Crippen molar-refractivity contribution in [2.45, 2.75) is 386 Å². The Hall–Kier alpha value is -0.610. The van der Waals surface area contributed by atoms with Gasteiger partial charge in [0.1, 0.15) is 0 Å². The van der Waals surface area contributed by atoms with Crippen LogP contribution in [-0.4, -0.2) is 34.9 Å². The van der Waals surface area contributed by atoms with Crippen molar-refractivity contribution in [1.29, 1.82) is 0 Å². The van der Waals surface area contributed by atoms with E-state index in [0.29, 0.717) is 12.8 Å². The molecule has 0 aliphatic heterocycles. The number of carbonyl (C=O) groups is 1. The highest BCUT2D eigenvalue weighted by Gasteiger charge is 2.20. The summed E-state index contributed by atoms with van der Waals surface area (Å²) in [6.07, 6.45) is 75.5. The first kappa shape index (κ1) is 65.4. The molecule has 0 aromatic rings. The Morgan fingerprint density at radius 3 is 0.682 bits per heavy atom. The van der Waals surface area contributed by atoms with Gasteiger partial charge >= 0.3 is 0 Å². The molecule has 0 rings (SSSR count). The Labute approximate surface area is 416 Å². The van der Waals surface area contributed by atoms with Crippen LogP contribution in [0.2, 0.25) is 0 Å². The minimum absolute atomic E-state index is 0.0208. The van der Waals surface area contributed by atoms with Gasteiger partial charge in [-0.15, -0.1) is 0 Å². The molecule has 0 spiro atoms. The van der Waals surface area contributed by atoms with Crippen LogP contribution in [0, 0.1) is 0 Å². The number of unbranched alkanes of at least 4 members (excludes halogenated alkanes) is 52. The summed E-state index contributed by atoms with van der Waals surface area (Å²) in [6.45, 7) is 4.41. The lowest BCUT2D eigenvalue weighted by Gasteiger charge is -2.22. The van der Waals surface area contributed by atoms with E-state index < -0.39 is 12.1 Å². The molecule has 0 saturated heterocycles. The van der Waals surface area contributed by atoms with Gasteiger partial charge in [0, 0.05) is 6.42 Å². The first-order valence-corrected chi connectivity index (χ1v) is 31.2. The van der Waals surface area contributed by atoms with Crippen LogP contribution in [0.1, 0.15) is 373 Å². The largest absolute Gasteiger partial charge is 0.394 e. The van der Waals surface area contributed by atoms with Crippen LogP contribution in [0.25, 0.3) is 0 Å². The van der Waals surface area contributed by atoms with Crippen molar-refractivity contribution in [3.05, 3.63) is 0 Å². The third-order valence-corrected chi connectivity index (χ3v) is 15.1. The molecule has 0 fully saturated rings. The van der Waals surface area contributed by atoms with Gasteiger partial charge in [-0.05, 0) is 12.8 Å². The average Bonchev–Trinajstić information content (AvgIpc) is 3.32. The maximum absolute atomic E-state index is 12.5. The zero-order valence-corrected chi connectivity index (χ0v) is 45.8. The molecule has 0 aliphatic rings. The van der Waals surface area contributed by atoms with Gasteiger partial charge in [0.05, 0.1) is 18.8 Å². The molecule has 0 saturated carbocycles. The summed E-state index contributed by atoms with van der Waals surface area (Å²) in [6, 6.07) is -0.532. The highest BCUT2D eigenvalue weighted by atomic mass is 16.3. The lowest BCUT2D eigenvalue weighted by atomic mass is 10.0. The van der Waals surface area contributed by atoms with Gasteiger partial charge in [0.2, 0.25) is 5.91 Å². The fraction of sp³-hybridized carbons (Fsp3) is 0.984. The van der Waals surface area contributed by atoms with Gasteiger partial charge in [0.15, 0.2) is 0 Å². The average molecular weight is 933 g/mol. The first-order chi connectivity index (χ1) is 32.7. The van der Waals surface area contributed by atoms with Crippen LogP contribution >= 0.6 is 0 Å².